The minimum atomic E-state index is 0.503. The lowest BCUT2D eigenvalue weighted by Crippen LogP contribution is -2.30. The highest BCUT2D eigenvalue weighted by molar-refractivity contribution is 6.17. The standard InChI is InChI=1S/C14H23ClN2/c1-10(2)8-11(3)17(5)14-7-6-13(9-15)12(4)16-14/h6-7,10-11H,8-9H2,1-5H3. The van der Waals surface area contributed by atoms with E-state index < -0.39 is 0 Å². The van der Waals surface area contributed by atoms with Crippen molar-refractivity contribution in [1.82, 2.24) is 4.98 Å². The number of aromatic nitrogens is 1. The number of hydrogen-bond donors (Lipinski definition) is 0. The Labute approximate surface area is 110 Å². The molecule has 0 bridgehead atoms. The third-order valence-electron chi connectivity index (χ3n) is 3.16. The molecule has 1 heterocycles. The van der Waals surface area contributed by atoms with Crippen LogP contribution < -0.4 is 4.90 Å². The first-order chi connectivity index (χ1) is 7.95. The minimum absolute atomic E-state index is 0.503. The van der Waals surface area contributed by atoms with Crippen molar-refractivity contribution in [2.45, 2.75) is 46.0 Å². The fourth-order valence-corrected chi connectivity index (χ4v) is 2.26. The second-order valence-electron chi connectivity index (χ2n) is 5.14. The molecular weight excluding hydrogens is 232 g/mol. The molecule has 0 spiro atoms. The van der Waals surface area contributed by atoms with Gasteiger partial charge in [0.1, 0.15) is 5.82 Å². The molecule has 0 aliphatic rings. The van der Waals surface area contributed by atoms with Crippen molar-refractivity contribution < 1.29 is 0 Å². The van der Waals surface area contributed by atoms with Crippen LogP contribution in [0.1, 0.15) is 38.4 Å². The largest absolute Gasteiger partial charge is 0.357 e. The number of rotatable bonds is 5. The van der Waals surface area contributed by atoms with Crippen molar-refractivity contribution >= 4 is 17.4 Å². The Morgan fingerprint density at radius 1 is 1.29 bits per heavy atom. The molecule has 0 fully saturated rings. The number of alkyl halides is 1. The first-order valence-electron chi connectivity index (χ1n) is 6.21. The lowest BCUT2D eigenvalue weighted by atomic mass is 10.0. The third kappa shape index (κ3) is 3.88. The predicted molar refractivity (Wildman–Crippen MR) is 75.9 cm³/mol. The third-order valence-corrected chi connectivity index (χ3v) is 3.45. The van der Waals surface area contributed by atoms with Gasteiger partial charge in [0.25, 0.3) is 0 Å². The molecule has 0 aliphatic carbocycles. The summed E-state index contributed by atoms with van der Waals surface area (Å²) in [7, 11) is 2.11. The molecule has 0 N–H and O–H groups in total. The van der Waals surface area contributed by atoms with Crippen molar-refractivity contribution in [2.75, 3.05) is 11.9 Å². The summed E-state index contributed by atoms with van der Waals surface area (Å²) in [4.78, 5) is 6.85. The van der Waals surface area contributed by atoms with Gasteiger partial charge < -0.3 is 4.90 Å². The monoisotopic (exact) mass is 254 g/mol. The average Bonchev–Trinajstić information content (AvgIpc) is 2.27. The molecule has 0 saturated carbocycles. The van der Waals surface area contributed by atoms with Crippen molar-refractivity contribution in [3.8, 4) is 0 Å². The summed E-state index contributed by atoms with van der Waals surface area (Å²) in [6.45, 7) is 8.76. The molecular formula is C14H23ClN2. The Balaban J connectivity index is 2.82. The van der Waals surface area contributed by atoms with E-state index in [2.05, 4.69) is 49.8 Å². The maximum atomic E-state index is 5.84. The Kier molecular flexibility index (Phi) is 5.26. The van der Waals surface area contributed by atoms with Gasteiger partial charge in [-0.05, 0) is 37.8 Å². The molecule has 1 aromatic heterocycles. The molecule has 0 saturated heterocycles. The van der Waals surface area contributed by atoms with Crippen molar-refractivity contribution in [3.05, 3.63) is 23.4 Å². The van der Waals surface area contributed by atoms with E-state index in [9.17, 15) is 0 Å². The van der Waals surface area contributed by atoms with Crippen LogP contribution in [-0.4, -0.2) is 18.1 Å². The van der Waals surface area contributed by atoms with E-state index in [0.717, 1.165) is 17.1 Å². The Hall–Kier alpha value is -0.760. The van der Waals surface area contributed by atoms with Crippen LogP contribution in [0.5, 0.6) is 0 Å². The van der Waals surface area contributed by atoms with Gasteiger partial charge in [-0.2, -0.15) is 0 Å². The Morgan fingerprint density at radius 2 is 1.94 bits per heavy atom. The Bertz CT molecular complexity index is 363. The molecule has 0 radical (unpaired) electrons. The van der Waals surface area contributed by atoms with Crippen LogP contribution in [0.25, 0.3) is 0 Å². The van der Waals surface area contributed by atoms with Crippen LogP contribution in [0, 0.1) is 12.8 Å². The van der Waals surface area contributed by atoms with E-state index >= 15 is 0 Å². The zero-order chi connectivity index (χ0) is 13.0. The van der Waals surface area contributed by atoms with Crippen molar-refractivity contribution in [1.29, 1.82) is 0 Å². The summed E-state index contributed by atoms with van der Waals surface area (Å²) in [6.07, 6.45) is 1.18. The first-order valence-corrected chi connectivity index (χ1v) is 6.74. The molecule has 0 aromatic carbocycles. The summed E-state index contributed by atoms with van der Waals surface area (Å²) >= 11 is 5.84. The van der Waals surface area contributed by atoms with Gasteiger partial charge in [-0.15, -0.1) is 11.6 Å². The number of hydrogen-bond acceptors (Lipinski definition) is 2. The molecule has 2 nitrogen and oxygen atoms in total. The van der Waals surface area contributed by atoms with E-state index in [1.54, 1.807) is 0 Å². The van der Waals surface area contributed by atoms with Gasteiger partial charge in [0.15, 0.2) is 0 Å². The maximum Gasteiger partial charge on any atom is 0.128 e. The summed E-state index contributed by atoms with van der Waals surface area (Å²) in [5.41, 5.74) is 2.14. The van der Waals surface area contributed by atoms with Gasteiger partial charge in [0.2, 0.25) is 0 Å². The van der Waals surface area contributed by atoms with E-state index in [1.807, 2.05) is 6.92 Å². The average molecular weight is 255 g/mol. The van der Waals surface area contributed by atoms with E-state index in [0.29, 0.717) is 17.8 Å². The molecule has 3 heteroatoms. The topological polar surface area (TPSA) is 16.1 Å². The molecule has 17 heavy (non-hydrogen) atoms. The highest BCUT2D eigenvalue weighted by atomic mass is 35.5. The van der Waals surface area contributed by atoms with Gasteiger partial charge in [0, 0.05) is 24.7 Å². The number of pyridine rings is 1. The quantitative estimate of drug-likeness (QED) is 0.739. The van der Waals surface area contributed by atoms with Crippen LogP contribution in [0.3, 0.4) is 0 Å². The van der Waals surface area contributed by atoms with Gasteiger partial charge in [-0.3, -0.25) is 0 Å². The van der Waals surface area contributed by atoms with Crippen LogP contribution in [0.4, 0.5) is 5.82 Å². The number of halogens is 1. The number of anilines is 1. The summed E-state index contributed by atoms with van der Waals surface area (Å²) in [6, 6.07) is 4.63. The van der Waals surface area contributed by atoms with Crippen molar-refractivity contribution in [3.63, 3.8) is 0 Å². The van der Waals surface area contributed by atoms with E-state index in [1.165, 1.54) is 6.42 Å². The lowest BCUT2D eigenvalue weighted by Gasteiger charge is -2.27. The van der Waals surface area contributed by atoms with Crippen molar-refractivity contribution in [2.24, 2.45) is 5.92 Å². The molecule has 96 valence electrons. The molecule has 0 aliphatic heterocycles. The second kappa shape index (κ2) is 6.25. The predicted octanol–water partition coefficient (Wildman–Crippen LogP) is 4.00. The van der Waals surface area contributed by atoms with Gasteiger partial charge in [-0.1, -0.05) is 19.9 Å². The normalized spacial score (nSPS) is 12.9. The van der Waals surface area contributed by atoms with Gasteiger partial charge >= 0.3 is 0 Å². The van der Waals surface area contributed by atoms with E-state index in [4.69, 9.17) is 11.6 Å². The zero-order valence-corrected chi connectivity index (χ0v) is 12.3. The molecule has 1 rings (SSSR count). The van der Waals surface area contributed by atoms with Crippen LogP contribution in [0.2, 0.25) is 0 Å². The SMILES string of the molecule is Cc1nc(N(C)C(C)CC(C)C)ccc1CCl. The molecule has 1 aromatic rings. The van der Waals surface area contributed by atoms with Crippen LogP contribution in [0.15, 0.2) is 12.1 Å². The summed E-state index contributed by atoms with van der Waals surface area (Å²) in [5.74, 6) is 2.27. The lowest BCUT2D eigenvalue weighted by molar-refractivity contribution is 0.502. The van der Waals surface area contributed by atoms with Gasteiger partial charge in [-0.25, -0.2) is 4.98 Å². The first kappa shape index (κ1) is 14.3. The smallest absolute Gasteiger partial charge is 0.128 e. The summed E-state index contributed by atoms with van der Waals surface area (Å²) in [5, 5.41) is 0. The minimum Gasteiger partial charge on any atom is -0.357 e. The highest BCUT2D eigenvalue weighted by Gasteiger charge is 2.13. The zero-order valence-electron chi connectivity index (χ0n) is 11.5. The van der Waals surface area contributed by atoms with Crippen LogP contribution >= 0.6 is 11.6 Å². The second-order valence-corrected chi connectivity index (χ2v) is 5.40. The molecule has 1 unspecified atom stereocenters. The fraction of sp³-hybridized carbons (Fsp3) is 0.643. The number of aryl methyl sites for hydroxylation is 1. The molecule has 0 amide bonds. The van der Waals surface area contributed by atoms with E-state index in [-0.39, 0.29) is 0 Å². The maximum absolute atomic E-state index is 5.84. The summed E-state index contributed by atoms with van der Waals surface area (Å²) < 4.78 is 0. The number of nitrogens with zero attached hydrogens (tertiary/aromatic N) is 2. The van der Waals surface area contributed by atoms with Crippen LogP contribution in [-0.2, 0) is 5.88 Å². The Morgan fingerprint density at radius 3 is 2.41 bits per heavy atom. The highest BCUT2D eigenvalue weighted by Crippen LogP contribution is 2.19. The van der Waals surface area contributed by atoms with Gasteiger partial charge in [0.05, 0.1) is 0 Å². The molecule has 1 atom stereocenters. The fourth-order valence-electron chi connectivity index (χ4n) is 1.98.